The van der Waals surface area contributed by atoms with Crippen molar-refractivity contribution in [3.05, 3.63) is 41.4 Å². The van der Waals surface area contributed by atoms with Gasteiger partial charge in [-0.1, -0.05) is 24.2 Å². The molecule has 0 radical (unpaired) electrons. The summed E-state index contributed by atoms with van der Waals surface area (Å²) in [6.45, 7) is 4.30. The minimum atomic E-state index is -0.946. The Kier molecular flexibility index (Phi) is 6.75. The predicted molar refractivity (Wildman–Crippen MR) is 82.6 cm³/mol. The van der Waals surface area contributed by atoms with Crippen LogP contribution in [0.25, 0.3) is 0 Å². The van der Waals surface area contributed by atoms with Crippen LogP contribution in [0, 0.1) is 0 Å². The molecule has 0 aliphatic carbocycles. The van der Waals surface area contributed by atoms with Crippen molar-refractivity contribution in [3.63, 3.8) is 0 Å². The van der Waals surface area contributed by atoms with Gasteiger partial charge in [0.25, 0.3) is 0 Å². The summed E-state index contributed by atoms with van der Waals surface area (Å²) in [6, 6.07) is 5.34. The largest absolute Gasteiger partial charge is 0.495 e. The SMILES string of the molecule is C=CC(=O)N(CCS(C)=O)Cc1ccc(Cl)c(OC)c1. The minimum absolute atomic E-state index is 0.190. The summed E-state index contributed by atoms with van der Waals surface area (Å²) < 4.78 is 16.3. The fraction of sp³-hybridized carbons (Fsp3) is 0.357. The summed E-state index contributed by atoms with van der Waals surface area (Å²) in [4.78, 5) is 13.4. The molecule has 0 saturated heterocycles. The van der Waals surface area contributed by atoms with Crippen LogP contribution < -0.4 is 4.74 Å². The molecule has 20 heavy (non-hydrogen) atoms. The first kappa shape index (κ1) is 16.7. The van der Waals surface area contributed by atoms with Crippen LogP contribution in [0.15, 0.2) is 30.9 Å². The van der Waals surface area contributed by atoms with Gasteiger partial charge < -0.3 is 9.64 Å². The van der Waals surface area contributed by atoms with Crippen LogP contribution in [-0.4, -0.2) is 40.7 Å². The average molecular weight is 316 g/mol. The topological polar surface area (TPSA) is 46.6 Å². The molecule has 0 spiro atoms. The normalized spacial score (nSPS) is 11.8. The molecular weight excluding hydrogens is 298 g/mol. The lowest BCUT2D eigenvalue weighted by atomic mass is 10.2. The lowest BCUT2D eigenvalue weighted by Crippen LogP contribution is -2.32. The van der Waals surface area contributed by atoms with Gasteiger partial charge in [-0.15, -0.1) is 0 Å². The molecule has 1 aromatic carbocycles. The van der Waals surface area contributed by atoms with E-state index in [-0.39, 0.29) is 5.91 Å². The third kappa shape index (κ3) is 4.98. The van der Waals surface area contributed by atoms with E-state index in [2.05, 4.69) is 6.58 Å². The van der Waals surface area contributed by atoms with E-state index >= 15 is 0 Å². The molecular formula is C14H18ClNO3S. The van der Waals surface area contributed by atoms with Gasteiger partial charge in [0.2, 0.25) is 5.91 Å². The van der Waals surface area contributed by atoms with Crippen molar-refractivity contribution in [1.82, 2.24) is 4.90 Å². The first-order valence-corrected chi connectivity index (χ1v) is 8.12. The van der Waals surface area contributed by atoms with Crippen molar-refractivity contribution in [2.45, 2.75) is 6.54 Å². The molecule has 1 rings (SSSR count). The number of hydrogen-bond acceptors (Lipinski definition) is 3. The summed E-state index contributed by atoms with van der Waals surface area (Å²) in [5.41, 5.74) is 0.892. The van der Waals surface area contributed by atoms with E-state index in [1.807, 2.05) is 6.07 Å². The Morgan fingerprint density at radius 1 is 1.55 bits per heavy atom. The summed E-state index contributed by atoms with van der Waals surface area (Å²) in [7, 11) is 0.593. The van der Waals surface area contributed by atoms with Gasteiger partial charge in [-0.3, -0.25) is 9.00 Å². The second-order valence-electron chi connectivity index (χ2n) is 4.21. The number of methoxy groups -OCH3 is 1. The molecule has 0 N–H and O–H groups in total. The van der Waals surface area contributed by atoms with Crippen LogP contribution in [0.3, 0.4) is 0 Å². The van der Waals surface area contributed by atoms with Crippen LogP contribution in [0.2, 0.25) is 5.02 Å². The molecule has 0 fully saturated rings. The van der Waals surface area contributed by atoms with Gasteiger partial charge in [-0.05, 0) is 23.8 Å². The van der Waals surface area contributed by atoms with Gasteiger partial charge in [0.15, 0.2) is 0 Å². The first-order chi connectivity index (χ1) is 9.47. The molecule has 110 valence electrons. The molecule has 4 nitrogen and oxygen atoms in total. The number of carbonyl (C=O) groups is 1. The summed E-state index contributed by atoms with van der Waals surface area (Å²) in [6.07, 6.45) is 2.87. The quantitative estimate of drug-likeness (QED) is 0.725. The van der Waals surface area contributed by atoms with Gasteiger partial charge in [-0.25, -0.2) is 0 Å². The van der Waals surface area contributed by atoms with Crippen LogP contribution >= 0.6 is 11.6 Å². The zero-order valence-corrected chi connectivity index (χ0v) is 13.2. The van der Waals surface area contributed by atoms with E-state index in [9.17, 15) is 9.00 Å². The third-order valence-corrected chi connectivity index (χ3v) is 3.79. The Morgan fingerprint density at radius 3 is 2.80 bits per heavy atom. The van der Waals surface area contributed by atoms with Crippen molar-refractivity contribution in [2.75, 3.05) is 25.7 Å². The summed E-state index contributed by atoms with van der Waals surface area (Å²) in [5, 5.41) is 0.521. The Hall–Kier alpha value is -1.33. The molecule has 6 heteroatoms. The molecule has 0 aromatic heterocycles. The minimum Gasteiger partial charge on any atom is -0.495 e. The highest BCUT2D eigenvalue weighted by atomic mass is 35.5. The number of halogens is 1. The number of nitrogens with zero attached hydrogens (tertiary/aromatic N) is 1. The monoisotopic (exact) mass is 315 g/mol. The number of rotatable bonds is 7. The number of carbonyl (C=O) groups excluding carboxylic acids is 1. The number of ether oxygens (including phenoxy) is 1. The average Bonchev–Trinajstić information content (AvgIpc) is 2.44. The highest BCUT2D eigenvalue weighted by Gasteiger charge is 2.12. The van der Waals surface area contributed by atoms with Crippen LogP contribution in [0.1, 0.15) is 5.56 Å². The highest BCUT2D eigenvalue weighted by Crippen LogP contribution is 2.25. The van der Waals surface area contributed by atoms with Crippen molar-refractivity contribution >= 4 is 28.3 Å². The maximum Gasteiger partial charge on any atom is 0.246 e. The summed E-state index contributed by atoms with van der Waals surface area (Å²) in [5.74, 6) is 0.809. The molecule has 1 atom stereocenters. The van der Waals surface area contributed by atoms with Gasteiger partial charge in [0.05, 0.1) is 12.1 Å². The lowest BCUT2D eigenvalue weighted by molar-refractivity contribution is -0.126. The van der Waals surface area contributed by atoms with Crippen molar-refractivity contribution in [1.29, 1.82) is 0 Å². The molecule has 0 aliphatic rings. The van der Waals surface area contributed by atoms with E-state index in [1.54, 1.807) is 23.3 Å². The van der Waals surface area contributed by atoms with Gasteiger partial charge in [0, 0.05) is 35.9 Å². The Morgan fingerprint density at radius 2 is 2.25 bits per heavy atom. The van der Waals surface area contributed by atoms with Gasteiger partial charge in [-0.2, -0.15) is 0 Å². The van der Waals surface area contributed by atoms with Crippen LogP contribution in [0.4, 0.5) is 0 Å². The van der Waals surface area contributed by atoms with Crippen LogP contribution in [0.5, 0.6) is 5.75 Å². The lowest BCUT2D eigenvalue weighted by Gasteiger charge is -2.21. The molecule has 1 unspecified atom stereocenters. The Bertz CT molecular complexity index is 519. The standard InChI is InChI=1S/C14H18ClNO3S/c1-4-14(17)16(7-8-20(3)18)10-11-5-6-12(15)13(9-11)19-2/h4-6,9H,1,7-8,10H2,2-3H3. The van der Waals surface area contributed by atoms with E-state index < -0.39 is 10.8 Å². The Labute approximate surface area is 126 Å². The van der Waals surface area contributed by atoms with E-state index in [1.165, 1.54) is 13.2 Å². The maximum absolute atomic E-state index is 11.8. The molecule has 1 aromatic rings. The predicted octanol–water partition coefficient (Wildman–Crippen LogP) is 2.24. The highest BCUT2D eigenvalue weighted by molar-refractivity contribution is 7.84. The van der Waals surface area contributed by atoms with Crippen molar-refractivity contribution in [2.24, 2.45) is 0 Å². The van der Waals surface area contributed by atoms with Crippen molar-refractivity contribution in [3.8, 4) is 5.75 Å². The van der Waals surface area contributed by atoms with Crippen LogP contribution in [-0.2, 0) is 22.1 Å². The fourth-order valence-electron chi connectivity index (χ4n) is 1.66. The number of amides is 1. The molecule has 0 saturated carbocycles. The zero-order chi connectivity index (χ0) is 15.1. The second kappa shape index (κ2) is 8.07. The molecule has 0 aliphatic heterocycles. The van der Waals surface area contributed by atoms with Crippen molar-refractivity contribution < 1.29 is 13.7 Å². The first-order valence-electron chi connectivity index (χ1n) is 6.01. The number of benzene rings is 1. The molecule has 0 heterocycles. The van der Waals surface area contributed by atoms with E-state index in [4.69, 9.17) is 16.3 Å². The van der Waals surface area contributed by atoms with Gasteiger partial charge in [0.1, 0.15) is 5.75 Å². The third-order valence-electron chi connectivity index (χ3n) is 2.72. The molecule has 1 amide bonds. The second-order valence-corrected chi connectivity index (χ2v) is 6.17. The number of hydrogen-bond donors (Lipinski definition) is 0. The zero-order valence-electron chi connectivity index (χ0n) is 11.6. The Balaban J connectivity index is 2.85. The summed E-state index contributed by atoms with van der Waals surface area (Å²) >= 11 is 5.96. The fourth-order valence-corrected chi connectivity index (χ4v) is 2.33. The van der Waals surface area contributed by atoms with E-state index in [0.29, 0.717) is 29.6 Å². The molecule has 0 bridgehead atoms. The maximum atomic E-state index is 11.8. The van der Waals surface area contributed by atoms with Gasteiger partial charge >= 0.3 is 0 Å². The van der Waals surface area contributed by atoms with E-state index in [0.717, 1.165) is 5.56 Å². The smallest absolute Gasteiger partial charge is 0.246 e.